The third-order valence-electron chi connectivity index (χ3n) is 3.33. The Bertz CT molecular complexity index is 557. The number of ether oxygens (including phenoxy) is 1. The molecule has 0 fully saturated rings. The van der Waals surface area contributed by atoms with Gasteiger partial charge in [-0.05, 0) is 50.5 Å². The molecular formula is C18H23NO. The van der Waals surface area contributed by atoms with Crippen molar-refractivity contribution in [1.29, 1.82) is 0 Å². The third kappa shape index (κ3) is 3.84. The lowest BCUT2D eigenvalue weighted by Crippen LogP contribution is -2.13. The number of rotatable bonds is 5. The van der Waals surface area contributed by atoms with Gasteiger partial charge in [-0.2, -0.15) is 0 Å². The summed E-state index contributed by atoms with van der Waals surface area (Å²) in [6, 6.07) is 14.7. The normalized spacial score (nSPS) is 12.2. The van der Waals surface area contributed by atoms with Crippen molar-refractivity contribution < 1.29 is 4.74 Å². The van der Waals surface area contributed by atoms with Gasteiger partial charge in [0.2, 0.25) is 0 Å². The zero-order chi connectivity index (χ0) is 14.5. The molecule has 0 heterocycles. The smallest absolute Gasteiger partial charge is 0.119 e. The predicted octanol–water partition coefficient (Wildman–Crippen LogP) is 3.94. The average Bonchev–Trinajstić information content (AvgIpc) is 2.38. The van der Waals surface area contributed by atoms with Gasteiger partial charge in [-0.15, -0.1) is 0 Å². The van der Waals surface area contributed by atoms with Crippen LogP contribution in [0.4, 0.5) is 0 Å². The first-order chi connectivity index (χ1) is 9.58. The highest BCUT2D eigenvalue weighted by Crippen LogP contribution is 2.22. The lowest BCUT2D eigenvalue weighted by molar-refractivity contribution is 0.339. The Balaban J connectivity index is 2.14. The van der Waals surface area contributed by atoms with Crippen LogP contribution in [0.2, 0.25) is 0 Å². The van der Waals surface area contributed by atoms with Crippen LogP contribution in [0.25, 0.3) is 0 Å². The number of benzene rings is 2. The highest BCUT2D eigenvalue weighted by molar-refractivity contribution is 5.33. The molecule has 0 aliphatic rings. The Labute approximate surface area is 121 Å². The van der Waals surface area contributed by atoms with Crippen molar-refractivity contribution in [2.24, 2.45) is 5.73 Å². The van der Waals surface area contributed by atoms with E-state index in [1.54, 1.807) is 0 Å². The van der Waals surface area contributed by atoms with Crippen molar-refractivity contribution in [3.8, 4) is 5.75 Å². The van der Waals surface area contributed by atoms with E-state index in [1.165, 1.54) is 16.7 Å². The Morgan fingerprint density at radius 2 is 1.75 bits per heavy atom. The molecule has 0 aliphatic carbocycles. The van der Waals surface area contributed by atoms with Crippen molar-refractivity contribution in [1.82, 2.24) is 0 Å². The van der Waals surface area contributed by atoms with Gasteiger partial charge in [-0.1, -0.05) is 41.5 Å². The maximum Gasteiger partial charge on any atom is 0.119 e. The number of hydrogen-bond acceptors (Lipinski definition) is 2. The molecule has 20 heavy (non-hydrogen) atoms. The molecule has 0 aliphatic heterocycles. The molecule has 2 aromatic rings. The van der Waals surface area contributed by atoms with Crippen LogP contribution in [-0.4, -0.2) is 6.61 Å². The number of aryl methyl sites for hydroxylation is 2. The molecule has 0 aromatic heterocycles. The van der Waals surface area contributed by atoms with Crippen LogP contribution in [0.5, 0.6) is 5.75 Å². The molecule has 0 saturated carbocycles. The molecule has 1 unspecified atom stereocenters. The summed E-state index contributed by atoms with van der Waals surface area (Å²) in [5.41, 5.74) is 11.3. The molecule has 1 atom stereocenters. The second-order valence-corrected chi connectivity index (χ2v) is 5.31. The van der Waals surface area contributed by atoms with Crippen molar-refractivity contribution >= 4 is 0 Å². The van der Waals surface area contributed by atoms with Crippen molar-refractivity contribution in [2.75, 3.05) is 6.61 Å². The molecule has 0 amide bonds. The average molecular weight is 269 g/mol. The van der Waals surface area contributed by atoms with Crippen LogP contribution in [0, 0.1) is 13.8 Å². The van der Waals surface area contributed by atoms with Gasteiger partial charge in [0.05, 0.1) is 6.61 Å². The molecule has 2 nitrogen and oxygen atoms in total. The first kappa shape index (κ1) is 14.6. The van der Waals surface area contributed by atoms with Gasteiger partial charge in [-0.3, -0.25) is 0 Å². The second-order valence-electron chi connectivity index (χ2n) is 5.31. The highest BCUT2D eigenvalue weighted by atomic mass is 16.5. The van der Waals surface area contributed by atoms with Crippen LogP contribution in [0.3, 0.4) is 0 Å². The topological polar surface area (TPSA) is 35.2 Å². The van der Waals surface area contributed by atoms with Gasteiger partial charge in [-0.25, -0.2) is 0 Å². The van der Waals surface area contributed by atoms with Crippen LogP contribution in [-0.2, 0) is 6.42 Å². The quantitative estimate of drug-likeness (QED) is 0.892. The van der Waals surface area contributed by atoms with E-state index in [4.69, 9.17) is 10.5 Å². The van der Waals surface area contributed by atoms with Gasteiger partial charge in [0.1, 0.15) is 5.75 Å². The Kier molecular flexibility index (Phi) is 4.80. The SMILES string of the molecule is CCOc1cccc(C(N)Cc2cc(C)cc(C)c2)c1. The van der Waals surface area contributed by atoms with Gasteiger partial charge in [0.25, 0.3) is 0 Å². The maximum atomic E-state index is 6.34. The molecule has 0 saturated heterocycles. The Hall–Kier alpha value is -1.80. The summed E-state index contributed by atoms with van der Waals surface area (Å²) in [5.74, 6) is 0.890. The molecular weight excluding hydrogens is 246 g/mol. The Morgan fingerprint density at radius 3 is 2.40 bits per heavy atom. The summed E-state index contributed by atoms with van der Waals surface area (Å²) in [7, 11) is 0. The summed E-state index contributed by atoms with van der Waals surface area (Å²) in [6.45, 7) is 6.91. The van der Waals surface area contributed by atoms with Crippen LogP contribution in [0.15, 0.2) is 42.5 Å². The first-order valence-corrected chi connectivity index (χ1v) is 7.14. The maximum absolute atomic E-state index is 6.34. The monoisotopic (exact) mass is 269 g/mol. The number of nitrogens with two attached hydrogens (primary N) is 1. The molecule has 2 rings (SSSR count). The minimum atomic E-state index is -0.00314. The van der Waals surface area contributed by atoms with Crippen molar-refractivity contribution in [3.63, 3.8) is 0 Å². The fraction of sp³-hybridized carbons (Fsp3) is 0.333. The minimum absolute atomic E-state index is 0.00314. The van der Waals surface area contributed by atoms with E-state index in [9.17, 15) is 0 Å². The van der Waals surface area contributed by atoms with E-state index in [1.807, 2.05) is 25.1 Å². The molecule has 106 valence electrons. The fourth-order valence-electron chi connectivity index (χ4n) is 2.56. The molecule has 2 N–H and O–H groups in total. The summed E-state index contributed by atoms with van der Waals surface area (Å²) in [4.78, 5) is 0. The summed E-state index contributed by atoms with van der Waals surface area (Å²) >= 11 is 0. The van der Waals surface area contributed by atoms with Gasteiger partial charge < -0.3 is 10.5 Å². The van der Waals surface area contributed by atoms with E-state index in [0.717, 1.165) is 17.7 Å². The van der Waals surface area contributed by atoms with Crippen LogP contribution < -0.4 is 10.5 Å². The van der Waals surface area contributed by atoms with Gasteiger partial charge in [0.15, 0.2) is 0 Å². The van der Waals surface area contributed by atoms with E-state index >= 15 is 0 Å². The summed E-state index contributed by atoms with van der Waals surface area (Å²) in [6.07, 6.45) is 0.845. The highest BCUT2D eigenvalue weighted by Gasteiger charge is 2.09. The van der Waals surface area contributed by atoms with Gasteiger partial charge >= 0.3 is 0 Å². The zero-order valence-electron chi connectivity index (χ0n) is 12.5. The largest absolute Gasteiger partial charge is 0.494 e. The van der Waals surface area contributed by atoms with Gasteiger partial charge in [0, 0.05) is 6.04 Å². The zero-order valence-corrected chi connectivity index (χ0v) is 12.5. The number of hydrogen-bond donors (Lipinski definition) is 1. The molecule has 0 bridgehead atoms. The Morgan fingerprint density at radius 1 is 1.05 bits per heavy atom. The molecule has 0 spiro atoms. The summed E-state index contributed by atoms with van der Waals surface area (Å²) in [5, 5.41) is 0. The second kappa shape index (κ2) is 6.58. The lowest BCUT2D eigenvalue weighted by Gasteiger charge is -2.14. The predicted molar refractivity (Wildman–Crippen MR) is 84.2 cm³/mol. The van der Waals surface area contributed by atoms with E-state index in [-0.39, 0.29) is 6.04 Å². The van der Waals surface area contributed by atoms with E-state index in [0.29, 0.717) is 6.61 Å². The standard InChI is InChI=1S/C18H23NO/c1-4-20-17-7-5-6-16(12-17)18(19)11-15-9-13(2)8-14(3)10-15/h5-10,12,18H,4,11,19H2,1-3H3. The molecule has 0 radical (unpaired) electrons. The fourth-order valence-corrected chi connectivity index (χ4v) is 2.56. The van der Waals surface area contributed by atoms with Crippen LogP contribution >= 0.6 is 0 Å². The first-order valence-electron chi connectivity index (χ1n) is 7.14. The minimum Gasteiger partial charge on any atom is -0.494 e. The third-order valence-corrected chi connectivity index (χ3v) is 3.33. The molecule has 2 heteroatoms. The van der Waals surface area contributed by atoms with Crippen molar-refractivity contribution in [2.45, 2.75) is 33.2 Å². The summed E-state index contributed by atoms with van der Waals surface area (Å²) < 4.78 is 5.53. The van der Waals surface area contributed by atoms with Crippen molar-refractivity contribution in [3.05, 3.63) is 64.7 Å². The van der Waals surface area contributed by atoms with E-state index < -0.39 is 0 Å². The lowest BCUT2D eigenvalue weighted by atomic mass is 9.97. The van der Waals surface area contributed by atoms with Crippen LogP contribution in [0.1, 0.15) is 35.2 Å². The van der Waals surface area contributed by atoms with E-state index in [2.05, 4.69) is 38.1 Å². The molecule has 2 aromatic carbocycles.